The summed E-state index contributed by atoms with van der Waals surface area (Å²) in [5.41, 5.74) is 8.07. The molecule has 0 unspecified atom stereocenters. The molecule has 3 heteroatoms. The maximum absolute atomic E-state index is 8.38. The number of hydrogen-bond donors (Lipinski definition) is 0. The molecule has 156 valence electrons. The van der Waals surface area contributed by atoms with E-state index in [9.17, 15) is 0 Å². The summed E-state index contributed by atoms with van der Waals surface area (Å²) in [6.07, 6.45) is 2.02. The highest BCUT2D eigenvalue weighted by atomic mass is 16.3. The Morgan fingerprint density at radius 1 is 0.906 bits per heavy atom. The number of aromatic nitrogens is 1. The third-order valence-electron chi connectivity index (χ3n) is 6.15. The molecule has 0 saturated carbocycles. The van der Waals surface area contributed by atoms with E-state index in [0.717, 1.165) is 55.4 Å². The maximum atomic E-state index is 8.38. The molecule has 0 spiro atoms. The van der Waals surface area contributed by atoms with E-state index in [4.69, 9.17) is 12.4 Å². The molecule has 0 bridgehead atoms. The second-order valence-electron chi connectivity index (χ2n) is 8.46. The lowest BCUT2D eigenvalue weighted by atomic mass is 9.97. The van der Waals surface area contributed by atoms with Gasteiger partial charge in [0.05, 0.1) is 12.1 Å². The first-order chi connectivity index (χ1) is 15.8. The molecule has 2 heterocycles. The van der Waals surface area contributed by atoms with Crippen molar-refractivity contribution in [2.75, 3.05) is 0 Å². The van der Waals surface area contributed by atoms with Gasteiger partial charge in [0.25, 0.3) is 0 Å². The van der Waals surface area contributed by atoms with Crippen LogP contribution in [0.15, 0.2) is 77.3 Å². The summed E-state index contributed by atoms with van der Waals surface area (Å²) in [5.74, 6) is -0.669. The van der Waals surface area contributed by atoms with Crippen LogP contribution in [0.1, 0.15) is 32.2 Å². The molecule has 0 radical (unpaired) electrons. The molecule has 0 aliphatic heterocycles. The average molecular weight is 419 g/mol. The highest BCUT2D eigenvalue weighted by molar-refractivity contribution is 6.15. The van der Waals surface area contributed by atoms with E-state index in [0.29, 0.717) is 5.69 Å². The molecule has 3 aromatic carbocycles. The summed E-state index contributed by atoms with van der Waals surface area (Å²) < 4.78 is 17.1. The van der Waals surface area contributed by atoms with E-state index >= 15 is 0 Å². The summed E-state index contributed by atoms with van der Waals surface area (Å²) in [4.78, 5) is 3.78. The smallest absolute Gasteiger partial charge is 0.216 e. The molecule has 0 saturated heterocycles. The van der Waals surface area contributed by atoms with Gasteiger partial charge < -0.3 is 4.42 Å². The predicted molar refractivity (Wildman–Crippen MR) is 131 cm³/mol. The number of pyridine rings is 1. The quantitative estimate of drug-likeness (QED) is 0.217. The van der Waals surface area contributed by atoms with Crippen LogP contribution >= 0.6 is 0 Å². The van der Waals surface area contributed by atoms with Crippen molar-refractivity contribution in [3.05, 3.63) is 95.5 Å². The van der Waals surface area contributed by atoms with Crippen LogP contribution < -0.4 is 4.57 Å². The Balaban J connectivity index is 1.85. The second-order valence-corrected chi connectivity index (χ2v) is 8.46. The molecule has 2 aromatic heterocycles. The molecule has 5 rings (SSSR count). The normalized spacial score (nSPS) is 12.2. The number of hydrogen-bond acceptors (Lipinski definition) is 1. The molecule has 0 fully saturated rings. The van der Waals surface area contributed by atoms with Crippen molar-refractivity contribution in [3.63, 3.8) is 0 Å². The van der Waals surface area contributed by atoms with Crippen molar-refractivity contribution in [2.45, 2.75) is 26.7 Å². The maximum Gasteiger partial charge on any atom is 0.216 e. The van der Waals surface area contributed by atoms with Crippen molar-refractivity contribution in [3.8, 4) is 22.4 Å². The van der Waals surface area contributed by atoms with Gasteiger partial charge in [0.2, 0.25) is 5.69 Å². The van der Waals surface area contributed by atoms with Crippen LogP contribution in [0.2, 0.25) is 0 Å². The van der Waals surface area contributed by atoms with E-state index in [-0.39, 0.29) is 0 Å². The van der Waals surface area contributed by atoms with Crippen LogP contribution in [-0.4, -0.2) is 0 Å². The fourth-order valence-corrected chi connectivity index (χ4v) is 4.45. The number of rotatable bonds is 3. The van der Waals surface area contributed by atoms with Gasteiger partial charge in [0.1, 0.15) is 18.2 Å². The minimum atomic E-state index is -0.669. The van der Waals surface area contributed by atoms with Crippen molar-refractivity contribution < 1.29 is 10.4 Å². The number of aryl methyl sites for hydroxylation is 2. The van der Waals surface area contributed by atoms with Crippen molar-refractivity contribution in [2.24, 2.45) is 7.05 Å². The predicted octanol–water partition coefficient (Wildman–Crippen LogP) is 7.73. The lowest BCUT2D eigenvalue weighted by molar-refractivity contribution is -0.660. The zero-order valence-corrected chi connectivity index (χ0v) is 18.7. The van der Waals surface area contributed by atoms with Crippen LogP contribution in [0, 0.1) is 13.5 Å². The monoisotopic (exact) mass is 418 g/mol. The van der Waals surface area contributed by atoms with Gasteiger partial charge in [-0.3, -0.25) is 0 Å². The van der Waals surface area contributed by atoms with E-state index in [1.54, 1.807) is 0 Å². The first-order valence-corrected chi connectivity index (χ1v) is 10.7. The van der Waals surface area contributed by atoms with Crippen molar-refractivity contribution >= 4 is 27.6 Å². The molecule has 3 nitrogen and oxygen atoms in total. The molecular formula is C29H25N2O+. The topological polar surface area (TPSA) is 21.4 Å². The Morgan fingerprint density at radius 3 is 2.25 bits per heavy atom. The van der Waals surface area contributed by atoms with Gasteiger partial charge in [-0.15, -0.1) is 0 Å². The van der Waals surface area contributed by atoms with Gasteiger partial charge in [0, 0.05) is 29.3 Å². The van der Waals surface area contributed by atoms with Crippen molar-refractivity contribution in [1.29, 1.82) is 0 Å². The average Bonchev–Trinajstić information content (AvgIpc) is 3.17. The van der Waals surface area contributed by atoms with Gasteiger partial charge in [-0.1, -0.05) is 68.4 Å². The lowest BCUT2D eigenvalue weighted by Crippen LogP contribution is -2.31. The molecular weight excluding hydrogens is 392 g/mol. The standard InChI is InChI=1S/C29H25N2O/c1-18(2)21-12-16-25(31(5)17-21)26-19(3)11-13-22-23-14-15-24(30-4)27(29(23)32-28(22)26)20-9-7-6-8-10-20/h6-18H,1-3,5H3/q+1/i18D. The van der Waals surface area contributed by atoms with E-state index in [1.807, 2.05) is 75.6 Å². The van der Waals surface area contributed by atoms with Crippen LogP contribution in [0.3, 0.4) is 0 Å². The molecule has 5 aromatic rings. The Labute approximate surface area is 189 Å². The van der Waals surface area contributed by atoms with Crippen LogP contribution in [0.5, 0.6) is 0 Å². The Hall–Kier alpha value is -3.90. The van der Waals surface area contributed by atoms with E-state index in [2.05, 4.69) is 34.5 Å². The fraction of sp³-hybridized carbons (Fsp3) is 0.172. The molecule has 0 amide bonds. The van der Waals surface area contributed by atoms with Gasteiger partial charge in [-0.2, -0.15) is 0 Å². The molecule has 0 aliphatic carbocycles. The Morgan fingerprint density at radius 2 is 1.59 bits per heavy atom. The Bertz CT molecular complexity index is 1570. The van der Waals surface area contributed by atoms with E-state index < -0.39 is 5.89 Å². The zero-order chi connectivity index (χ0) is 23.3. The van der Waals surface area contributed by atoms with Crippen LogP contribution in [0.4, 0.5) is 5.69 Å². The molecule has 0 atom stereocenters. The number of benzene rings is 3. The van der Waals surface area contributed by atoms with Crippen LogP contribution in [-0.2, 0) is 7.05 Å². The highest BCUT2D eigenvalue weighted by Gasteiger charge is 2.23. The van der Waals surface area contributed by atoms with Gasteiger partial charge in [-0.05, 0) is 30.0 Å². The first-order valence-electron chi connectivity index (χ1n) is 11.2. The summed E-state index contributed by atoms with van der Waals surface area (Å²) in [5, 5.41) is 2.04. The minimum Gasteiger partial charge on any atom is -0.456 e. The zero-order valence-electron chi connectivity index (χ0n) is 19.7. The van der Waals surface area contributed by atoms with Crippen molar-refractivity contribution in [1.82, 2.24) is 0 Å². The minimum absolute atomic E-state index is 0.582. The van der Waals surface area contributed by atoms with E-state index in [1.165, 1.54) is 0 Å². The lowest BCUT2D eigenvalue weighted by Gasteiger charge is -2.08. The molecule has 0 aliphatic rings. The first kappa shape index (κ1) is 18.8. The fourth-order valence-electron chi connectivity index (χ4n) is 4.45. The molecule has 32 heavy (non-hydrogen) atoms. The van der Waals surface area contributed by atoms with Gasteiger partial charge in [0.15, 0.2) is 11.9 Å². The van der Waals surface area contributed by atoms with Crippen LogP contribution in [0.25, 0.3) is 49.2 Å². The number of nitrogens with zero attached hydrogens (tertiary/aromatic N) is 2. The summed E-state index contributed by atoms with van der Waals surface area (Å²) in [6.45, 7) is 13.6. The SMILES string of the molecule is [2H]C(C)(C)c1ccc(-c2c(C)ccc3c2oc2c(-c4ccccc4)c([N+]#[C-])ccc23)[n+](C)c1. The molecule has 0 N–H and O–H groups in total. The second kappa shape index (κ2) is 7.66. The summed E-state index contributed by atoms with van der Waals surface area (Å²) in [7, 11) is 2.01. The van der Waals surface area contributed by atoms with Gasteiger partial charge in [-0.25, -0.2) is 9.41 Å². The third kappa shape index (κ3) is 3.08. The number of fused-ring (bicyclic) bond motifs is 3. The Kier molecular flexibility index (Phi) is 4.51. The largest absolute Gasteiger partial charge is 0.456 e. The highest BCUT2D eigenvalue weighted by Crippen LogP contribution is 2.44. The number of furan rings is 1. The third-order valence-corrected chi connectivity index (χ3v) is 6.15. The summed E-state index contributed by atoms with van der Waals surface area (Å²) >= 11 is 0. The van der Waals surface area contributed by atoms with Gasteiger partial charge >= 0.3 is 0 Å². The summed E-state index contributed by atoms with van der Waals surface area (Å²) in [6, 6.07) is 22.2.